The van der Waals surface area contributed by atoms with Crippen LogP contribution in [0.25, 0.3) is 0 Å². The molecule has 2 unspecified atom stereocenters. The van der Waals surface area contributed by atoms with Gasteiger partial charge in [-0.25, -0.2) is 0 Å². The van der Waals surface area contributed by atoms with Gasteiger partial charge in [0.2, 0.25) is 0 Å². The zero-order chi connectivity index (χ0) is 12.0. The van der Waals surface area contributed by atoms with E-state index in [1.54, 1.807) is 0 Å². The molecular formula is C15H28N2. The van der Waals surface area contributed by atoms with E-state index in [9.17, 15) is 0 Å². The van der Waals surface area contributed by atoms with E-state index in [-0.39, 0.29) is 0 Å². The van der Waals surface area contributed by atoms with Gasteiger partial charge in [-0.05, 0) is 58.9 Å². The second kappa shape index (κ2) is 4.24. The maximum absolute atomic E-state index is 2.83. The Morgan fingerprint density at radius 2 is 1.76 bits per heavy atom. The van der Waals surface area contributed by atoms with Crippen LogP contribution in [-0.4, -0.2) is 47.1 Å². The van der Waals surface area contributed by atoms with Crippen molar-refractivity contribution in [2.45, 2.75) is 70.5 Å². The van der Waals surface area contributed by atoms with E-state index >= 15 is 0 Å². The SMILES string of the molecule is CC1CN2CCCCC2CN1C(C)(C)C1CC1. The molecule has 0 N–H and O–H groups in total. The summed E-state index contributed by atoms with van der Waals surface area (Å²) in [5, 5.41) is 0. The van der Waals surface area contributed by atoms with Crippen LogP contribution in [0.5, 0.6) is 0 Å². The van der Waals surface area contributed by atoms with Crippen LogP contribution in [0.3, 0.4) is 0 Å². The molecule has 1 saturated carbocycles. The van der Waals surface area contributed by atoms with E-state index in [2.05, 4.69) is 30.6 Å². The summed E-state index contributed by atoms with van der Waals surface area (Å²) >= 11 is 0. The second-order valence-corrected chi connectivity index (χ2v) is 7.07. The van der Waals surface area contributed by atoms with E-state index < -0.39 is 0 Å². The van der Waals surface area contributed by atoms with Gasteiger partial charge in [0.1, 0.15) is 0 Å². The molecule has 2 atom stereocenters. The number of piperazine rings is 1. The van der Waals surface area contributed by atoms with Crippen molar-refractivity contribution >= 4 is 0 Å². The van der Waals surface area contributed by atoms with Crippen molar-refractivity contribution < 1.29 is 0 Å². The summed E-state index contributed by atoms with van der Waals surface area (Å²) < 4.78 is 0. The number of hydrogen-bond acceptors (Lipinski definition) is 2. The summed E-state index contributed by atoms with van der Waals surface area (Å²) in [6.07, 6.45) is 7.24. The molecule has 0 spiro atoms. The van der Waals surface area contributed by atoms with Gasteiger partial charge in [-0.2, -0.15) is 0 Å². The summed E-state index contributed by atoms with van der Waals surface area (Å²) in [7, 11) is 0. The number of rotatable bonds is 2. The highest BCUT2D eigenvalue weighted by molar-refractivity contribution is 5.01. The topological polar surface area (TPSA) is 6.48 Å². The molecule has 3 aliphatic rings. The van der Waals surface area contributed by atoms with Crippen LogP contribution < -0.4 is 0 Å². The average molecular weight is 236 g/mol. The molecule has 0 amide bonds. The normalized spacial score (nSPS) is 36.9. The quantitative estimate of drug-likeness (QED) is 0.727. The minimum absolute atomic E-state index is 0.447. The number of fused-ring (bicyclic) bond motifs is 1. The molecule has 0 radical (unpaired) electrons. The van der Waals surface area contributed by atoms with Gasteiger partial charge in [0.25, 0.3) is 0 Å². The van der Waals surface area contributed by atoms with Gasteiger partial charge >= 0.3 is 0 Å². The highest BCUT2D eigenvalue weighted by atomic mass is 15.3. The Labute approximate surface area is 106 Å². The highest BCUT2D eigenvalue weighted by Gasteiger charge is 2.46. The third-order valence-corrected chi connectivity index (χ3v) is 5.50. The molecular weight excluding hydrogens is 208 g/mol. The van der Waals surface area contributed by atoms with Gasteiger partial charge in [-0.3, -0.25) is 9.80 Å². The highest BCUT2D eigenvalue weighted by Crippen LogP contribution is 2.44. The van der Waals surface area contributed by atoms with E-state index in [1.165, 1.54) is 51.7 Å². The molecule has 0 bridgehead atoms. The molecule has 1 aliphatic carbocycles. The lowest BCUT2D eigenvalue weighted by molar-refractivity contribution is -0.0432. The van der Waals surface area contributed by atoms with Gasteiger partial charge in [0.05, 0.1) is 0 Å². The fourth-order valence-electron chi connectivity index (χ4n) is 4.18. The lowest BCUT2D eigenvalue weighted by Crippen LogP contribution is -2.64. The summed E-state index contributed by atoms with van der Waals surface area (Å²) in [4.78, 5) is 5.59. The van der Waals surface area contributed by atoms with Crippen molar-refractivity contribution in [1.82, 2.24) is 9.80 Å². The Morgan fingerprint density at radius 3 is 2.47 bits per heavy atom. The Bertz CT molecular complexity index is 283. The Morgan fingerprint density at radius 1 is 1.00 bits per heavy atom. The monoisotopic (exact) mass is 236 g/mol. The van der Waals surface area contributed by atoms with Crippen LogP contribution in [0.4, 0.5) is 0 Å². The van der Waals surface area contributed by atoms with Crippen LogP contribution in [0.2, 0.25) is 0 Å². The van der Waals surface area contributed by atoms with E-state index in [0.717, 1.165) is 18.0 Å². The van der Waals surface area contributed by atoms with E-state index in [4.69, 9.17) is 0 Å². The largest absolute Gasteiger partial charge is 0.298 e. The molecule has 98 valence electrons. The van der Waals surface area contributed by atoms with Crippen molar-refractivity contribution in [2.75, 3.05) is 19.6 Å². The van der Waals surface area contributed by atoms with Crippen LogP contribution >= 0.6 is 0 Å². The number of hydrogen-bond donors (Lipinski definition) is 0. The van der Waals surface area contributed by atoms with Crippen molar-refractivity contribution in [2.24, 2.45) is 5.92 Å². The third-order valence-electron chi connectivity index (χ3n) is 5.50. The third kappa shape index (κ3) is 2.15. The van der Waals surface area contributed by atoms with Gasteiger partial charge < -0.3 is 0 Å². The number of nitrogens with zero attached hydrogens (tertiary/aromatic N) is 2. The summed E-state index contributed by atoms with van der Waals surface area (Å²) in [5.41, 5.74) is 0.447. The molecule has 2 nitrogen and oxygen atoms in total. The van der Waals surface area contributed by atoms with E-state index in [0.29, 0.717) is 5.54 Å². The lowest BCUT2D eigenvalue weighted by atomic mass is 9.89. The van der Waals surface area contributed by atoms with Crippen LogP contribution in [0.1, 0.15) is 52.9 Å². The molecule has 2 saturated heterocycles. The molecule has 2 heteroatoms. The standard InChI is InChI=1S/C15H28N2/c1-12-10-16-9-5-4-6-14(16)11-17(12)15(2,3)13-7-8-13/h12-14H,4-11H2,1-3H3. The van der Waals surface area contributed by atoms with Crippen LogP contribution in [0, 0.1) is 5.92 Å². The maximum atomic E-state index is 2.83. The van der Waals surface area contributed by atoms with Gasteiger partial charge in [0, 0.05) is 30.7 Å². The van der Waals surface area contributed by atoms with Gasteiger partial charge in [-0.1, -0.05) is 6.42 Å². The van der Waals surface area contributed by atoms with Crippen molar-refractivity contribution in [3.05, 3.63) is 0 Å². The van der Waals surface area contributed by atoms with Gasteiger partial charge in [-0.15, -0.1) is 0 Å². The molecule has 17 heavy (non-hydrogen) atoms. The van der Waals surface area contributed by atoms with Gasteiger partial charge in [0.15, 0.2) is 0 Å². The minimum atomic E-state index is 0.447. The molecule has 2 aliphatic heterocycles. The van der Waals surface area contributed by atoms with Crippen LogP contribution in [-0.2, 0) is 0 Å². The lowest BCUT2D eigenvalue weighted by Gasteiger charge is -2.53. The first-order chi connectivity index (χ1) is 8.09. The fraction of sp³-hybridized carbons (Fsp3) is 1.00. The summed E-state index contributed by atoms with van der Waals surface area (Å²) in [6, 6.07) is 1.61. The molecule has 3 fully saturated rings. The summed E-state index contributed by atoms with van der Waals surface area (Å²) in [5.74, 6) is 0.972. The smallest absolute Gasteiger partial charge is 0.0224 e. The second-order valence-electron chi connectivity index (χ2n) is 7.07. The van der Waals surface area contributed by atoms with Crippen LogP contribution in [0.15, 0.2) is 0 Å². The first-order valence-corrected chi connectivity index (χ1v) is 7.60. The minimum Gasteiger partial charge on any atom is -0.298 e. The Kier molecular flexibility index (Phi) is 2.99. The van der Waals surface area contributed by atoms with Crippen molar-refractivity contribution in [3.63, 3.8) is 0 Å². The first-order valence-electron chi connectivity index (χ1n) is 7.60. The van der Waals surface area contributed by atoms with Crippen molar-refractivity contribution in [3.8, 4) is 0 Å². The van der Waals surface area contributed by atoms with E-state index in [1.807, 2.05) is 0 Å². The molecule has 2 heterocycles. The molecule has 0 aromatic rings. The predicted molar refractivity (Wildman–Crippen MR) is 72.2 cm³/mol. The molecule has 3 rings (SSSR count). The Balaban J connectivity index is 1.72. The molecule has 0 aromatic carbocycles. The number of piperidine rings is 1. The van der Waals surface area contributed by atoms with Crippen molar-refractivity contribution in [1.29, 1.82) is 0 Å². The molecule has 0 aromatic heterocycles. The predicted octanol–water partition coefficient (Wildman–Crippen LogP) is 2.73. The maximum Gasteiger partial charge on any atom is 0.0224 e. The zero-order valence-electron chi connectivity index (χ0n) is 11.8. The average Bonchev–Trinajstić information content (AvgIpc) is 3.12. The Hall–Kier alpha value is -0.0800. The zero-order valence-corrected chi connectivity index (χ0v) is 11.8. The fourth-order valence-corrected chi connectivity index (χ4v) is 4.18. The summed E-state index contributed by atoms with van der Waals surface area (Å²) in [6.45, 7) is 11.4. The first kappa shape index (κ1) is 12.0.